The number of rotatable bonds is 5. The summed E-state index contributed by atoms with van der Waals surface area (Å²) in [7, 11) is 0. The molecular weight excluding hydrogens is 364 g/mol. The predicted molar refractivity (Wildman–Crippen MR) is 114 cm³/mol. The molecule has 1 fully saturated rings. The number of aromatic nitrogens is 1. The van der Waals surface area contributed by atoms with E-state index in [9.17, 15) is 9.59 Å². The lowest BCUT2D eigenvalue weighted by molar-refractivity contribution is 0.0506. The van der Waals surface area contributed by atoms with Gasteiger partial charge in [-0.25, -0.2) is 0 Å². The highest BCUT2D eigenvalue weighted by Gasteiger charge is 2.24. The average Bonchev–Trinajstić information content (AvgIpc) is 3.21. The van der Waals surface area contributed by atoms with Crippen molar-refractivity contribution in [3.05, 3.63) is 81.1 Å². The maximum atomic E-state index is 13.3. The van der Waals surface area contributed by atoms with Crippen molar-refractivity contribution < 1.29 is 9.53 Å². The van der Waals surface area contributed by atoms with Gasteiger partial charge in [0.15, 0.2) is 0 Å². The number of benzene rings is 2. The number of nitrogens with one attached hydrogen (secondary N) is 1. The molecule has 1 unspecified atom stereocenters. The second-order valence-corrected chi connectivity index (χ2v) is 7.90. The maximum absolute atomic E-state index is 13.3. The summed E-state index contributed by atoms with van der Waals surface area (Å²) < 4.78 is 5.77. The van der Waals surface area contributed by atoms with E-state index in [1.807, 2.05) is 62.4 Å². The smallest absolute Gasteiger partial charge is 0.254 e. The van der Waals surface area contributed by atoms with Crippen LogP contribution in [0.2, 0.25) is 0 Å². The van der Waals surface area contributed by atoms with Crippen LogP contribution in [0.3, 0.4) is 0 Å². The number of hydrogen-bond donors (Lipinski definition) is 1. The topological polar surface area (TPSA) is 62.4 Å². The predicted octanol–water partition coefficient (Wildman–Crippen LogP) is 3.97. The first-order valence-electron chi connectivity index (χ1n) is 10.1. The Morgan fingerprint density at radius 3 is 2.72 bits per heavy atom. The molecule has 150 valence electrons. The third kappa shape index (κ3) is 4.40. The van der Waals surface area contributed by atoms with Crippen LogP contribution in [0.25, 0.3) is 10.9 Å². The number of amides is 1. The molecule has 5 nitrogen and oxygen atoms in total. The van der Waals surface area contributed by atoms with E-state index in [0.29, 0.717) is 17.7 Å². The Kier molecular flexibility index (Phi) is 5.49. The molecule has 1 N–H and O–H groups in total. The molecule has 1 aliphatic heterocycles. The number of aromatic amines is 1. The van der Waals surface area contributed by atoms with Crippen LogP contribution >= 0.6 is 0 Å². The van der Waals surface area contributed by atoms with Gasteiger partial charge in [-0.2, -0.15) is 0 Å². The Hall–Kier alpha value is -2.92. The highest BCUT2D eigenvalue weighted by molar-refractivity contribution is 5.94. The fourth-order valence-electron chi connectivity index (χ4n) is 3.91. The fraction of sp³-hybridized carbons (Fsp3) is 0.333. The van der Waals surface area contributed by atoms with Crippen molar-refractivity contribution in [2.24, 2.45) is 0 Å². The van der Waals surface area contributed by atoms with E-state index >= 15 is 0 Å². The van der Waals surface area contributed by atoms with E-state index in [0.717, 1.165) is 41.5 Å². The Morgan fingerprint density at radius 1 is 1.14 bits per heavy atom. The summed E-state index contributed by atoms with van der Waals surface area (Å²) in [5.74, 6) is -0.0760. The van der Waals surface area contributed by atoms with Crippen molar-refractivity contribution >= 4 is 16.8 Å². The average molecular weight is 390 g/mol. The first-order valence-corrected chi connectivity index (χ1v) is 10.1. The van der Waals surface area contributed by atoms with Gasteiger partial charge in [0, 0.05) is 29.8 Å². The zero-order valence-corrected chi connectivity index (χ0v) is 16.9. The van der Waals surface area contributed by atoms with Crippen LogP contribution < -0.4 is 5.56 Å². The minimum absolute atomic E-state index is 0.0190. The van der Waals surface area contributed by atoms with E-state index in [1.54, 1.807) is 4.90 Å². The second kappa shape index (κ2) is 8.21. The quantitative estimate of drug-likeness (QED) is 0.717. The van der Waals surface area contributed by atoms with E-state index < -0.39 is 0 Å². The molecule has 2 heterocycles. The van der Waals surface area contributed by atoms with Crippen molar-refractivity contribution in [1.82, 2.24) is 9.88 Å². The van der Waals surface area contributed by atoms with Crippen molar-refractivity contribution in [3.8, 4) is 0 Å². The number of pyridine rings is 1. The maximum Gasteiger partial charge on any atom is 0.254 e. The first kappa shape index (κ1) is 19.4. The van der Waals surface area contributed by atoms with Crippen molar-refractivity contribution in [3.63, 3.8) is 0 Å². The number of ether oxygens (including phenoxy) is 1. The summed E-state index contributed by atoms with van der Waals surface area (Å²) in [6.07, 6.45) is 1.96. The largest absolute Gasteiger partial charge is 0.376 e. The van der Waals surface area contributed by atoms with Crippen LogP contribution in [0, 0.1) is 13.8 Å². The number of aryl methyl sites for hydroxylation is 2. The summed E-state index contributed by atoms with van der Waals surface area (Å²) in [4.78, 5) is 30.7. The minimum atomic E-state index is -0.157. The molecule has 1 aliphatic rings. The van der Waals surface area contributed by atoms with Gasteiger partial charge in [0.2, 0.25) is 0 Å². The van der Waals surface area contributed by atoms with Gasteiger partial charge in [-0.05, 0) is 62.4 Å². The van der Waals surface area contributed by atoms with E-state index in [2.05, 4.69) is 4.98 Å². The monoisotopic (exact) mass is 390 g/mol. The lowest BCUT2D eigenvalue weighted by Gasteiger charge is -2.25. The molecule has 4 rings (SSSR count). The van der Waals surface area contributed by atoms with Crippen LogP contribution in [-0.4, -0.2) is 35.0 Å². The van der Waals surface area contributed by atoms with Crippen LogP contribution in [0.5, 0.6) is 0 Å². The normalized spacial score (nSPS) is 16.3. The summed E-state index contributed by atoms with van der Waals surface area (Å²) >= 11 is 0. The molecule has 0 spiro atoms. The van der Waals surface area contributed by atoms with Gasteiger partial charge in [-0.3, -0.25) is 9.59 Å². The van der Waals surface area contributed by atoms with Gasteiger partial charge in [0.05, 0.1) is 12.6 Å². The molecule has 29 heavy (non-hydrogen) atoms. The highest BCUT2D eigenvalue weighted by atomic mass is 16.5. The van der Waals surface area contributed by atoms with Gasteiger partial charge < -0.3 is 14.6 Å². The molecule has 5 heteroatoms. The first-order chi connectivity index (χ1) is 14.0. The molecule has 1 amide bonds. The van der Waals surface area contributed by atoms with Gasteiger partial charge in [-0.15, -0.1) is 0 Å². The summed E-state index contributed by atoms with van der Waals surface area (Å²) in [5.41, 5.74) is 4.03. The zero-order chi connectivity index (χ0) is 20.4. The Balaban J connectivity index is 1.67. The number of carbonyl (C=O) groups is 1. The van der Waals surface area contributed by atoms with E-state index in [-0.39, 0.29) is 24.1 Å². The van der Waals surface area contributed by atoms with Crippen LogP contribution in [0.4, 0.5) is 0 Å². The molecule has 0 bridgehead atoms. The van der Waals surface area contributed by atoms with E-state index in [1.165, 1.54) is 0 Å². The molecular formula is C24H26N2O3. The molecule has 1 atom stereocenters. The number of nitrogens with zero attached hydrogens (tertiary/aromatic N) is 1. The fourth-order valence-corrected chi connectivity index (χ4v) is 3.91. The van der Waals surface area contributed by atoms with E-state index in [4.69, 9.17) is 4.74 Å². The van der Waals surface area contributed by atoms with Gasteiger partial charge in [0.25, 0.3) is 11.5 Å². The van der Waals surface area contributed by atoms with Gasteiger partial charge in [0.1, 0.15) is 0 Å². The number of H-pyrrole nitrogens is 1. The Bertz CT molecular complexity index is 1100. The van der Waals surface area contributed by atoms with Crippen LogP contribution in [0.15, 0.2) is 53.3 Å². The zero-order valence-electron chi connectivity index (χ0n) is 16.9. The molecule has 3 aromatic rings. The minimum Gasteiger partial charge on any atom is -0.376 e. The summed E-state index contributed by atoms with van der Waals surface area (Å²) in [6.45, 7) is 5.46. The van der Waals surface area contributed by atoms with Crippen molar-refractivity contribution in [2.45, 2.75) is 39.3 Å². The SMILES string of the molecule is Cc1cccc(C(=O)N(Cc2cc3cc(C)ccc3[nH]c2=O)CC2CCCO2)c1. The lowest BCUT2D eigenvalue weighted by Crippen LogP contribution is -2.38. The number of carbonyl (C=O) groups excluding carboxylic acids is 1. The number of hydrogen-bond acceptors (Lipinski definition) is 3. The highest BCUT2D eigenvalue weighted by Crippen LogP contribution is 2.19. The van der Waals surface area contributed by atoms with Crippen LogP contribution in [-0.2, 0) is 11.3 Å². The van der Waals surface area contributed by atoms with Gasteiger partial charge >= 0.3 is 0 Å². The molecule has 0 saturated carbocycles. The molecule has 0 aliphatic carbocycles. The van der Waals surface area contributed by atoms with Gasteiger partial charge in [-0.1, -0.05) is 29.3 Å². The molecule has 0 radical (unpaired) electrons. The Labute approximate surface area is 170 Å². The second-order valence-electron chi connectivity index (χ2n) is 7.90. The van der Waals surface area contributed by atoms with Crippen molar-refractivity contribution in [1.29, 1.82) is 0 Å². The molecule has 1 saturated heterocycles. The third-order valence-electron chi connectivity index (χ3n) is 5.44. The third-order valence-corrected chi connectivity index (χ3v) is 5.44. The summed E-state index contributed by atoms with van der Waals surface area (Å²) in [6, 6.07) is 15.4. The standard InChI is InChI=1S/C24H26N2O3/c1-16-5-3-6-18(11-16)24(28)26(15-21-7-4-10-29-21)14-20-13-19-12-17(2)8-9-22(19)25-23(20)27/h3,5-6,8-9,11-13,21H,4,7,10,14-15H2,1-2H3,(H,25,27). The van der Waals surface area contributed by atoms with Crippen molar-refractivity contribution in [2.75, 3.05) is 13.2 Å². The molecule has 1 aromatic heterocycles. The molecule has 2 aromatic carbocycles. The van der Waals surface area contributed by atoms with Crippen LogP contribution in [0.1, 0.15) is 39.9 Å². The Morgan fingerprint density at radius 2 is 1.97 bits per heavy atom. The lowest BCUT2D eigenvalue weighted by atomic mass is 10.1. The summed E-state index contributed by atoms with van der Waals surface area (Å²) in [5, 5.41) is 0.972. The number of fused-ring (bicyclic) bond motifs is 1.